The van der Waals surface area contributed by atoms with E-state index in [0.717, 1.165) is 0 Å². The van der Waals surface area contributed by atoms with Gasteiger partial charge in [-0.1, -0.05) is 0 Å². The van der Waals surface area contributed by atoms with E-state index in [0.29, 0.717) is 0 Å². The summed E-state index contributed by atoms with van der Waals surface area (Å²) in [6.07, 6.45) is -3.75. The van der Waals surface area contributed by atoms with Gasteiger partial charge in [0.15, 0.2) is 0 Å². The van der Waals surface area contributed by atoms with Crippen molar-refractivity contribution in [3.63, 3.8) is 0 Å². The molecule has 0 fully saturated rings. The SMILES string of the molecule is OCOCC(F)(F)C(F)F. The molecule has 62 valence electrons. The van der Waals surface area contributed by atoms with E-state index in [1.807, 2.05) is 0 Å². The number of rotatable bonds is 4. The Morgan fingerprint density at radius 1 is 1.40 bits per heavy atom. The van der Waals surface area contributed by atoms with Crippen LogP contribution in [-0.4, -0.2) is 30.9 Å². The van der Waals surface area contributed by atoms with E-state index in [1.54, 1.807) is 0 Å². The molecule has 0 atom stereocenters. The second-order valence-corrected chi connectivity index (χ2v) is 1.54. The summed E-state index contributed by atoms with van der Waals surface area (Å²) < 4.78 is 49.6. The van der Waals surface area contributed by atoms with Gasteiger partial charge in [0.25, 0.3) is 0 Å². The smallest absolute Gasteiger partial charge is 0.330 e. The second-order valence-electron chi connectivity index (χ2n) is 1.54. The van der Waals surface area contributed by atoms with Gasteiger partial charge in [0, 0.05) is 0 Å². The van der Waals surface area contributed by atoms with Gasteiger partial charge >= 0.3 is 12.3 Å². The van der Waals surface area contributed by atoms with Crippen molar-refractivity contribution in [2.45, 2.75) is 12.3 Å². The Labute approximate surface area is 54.4 Å². The first-order chi connectivity index (χ1) is 4.50. The van der Waals surface area contributed by atoms with E-state index in [9.17, 15) is 17.6 Å². The molecule has 0 aromatic rings. The van der Waals surface area contributed by atoms with Crippen molar-refractivity contribution in [3.8, 4) is 0 Å². The molecule has 6 heteroatoms. The third-order valence-corrected chi connectivity index (χ3v) is 0.705. The van der Waals surface area contributed by atoms with Crippen molar-refractivity contribution < 1.29 is 27.4 Å². The van der Waals surface area contributed by atoms with Crippen LogP contribution in [0, 0.1) is 0 Å². The van der Waals surface area contributed by atoms with Crippen LogP contribution in [0.4, 0.5) is 17.6 Å². The van der Waals surface area contributed by atoms with E-state index in [-0.39, 0.29) is 0 Å². The molecule has 0 aromatic heterocycles. The van der Waals surface area contributed by atoms with Gasteiger partial charge < -0.3 is 9.84 Å². The number of aliphatic hydroxyl groups is 1. The normalized spacial score (nSPS) is 12.6. The van der Waals surface area contributed by atoms with Crippen molar-refractivity contribution >= 4 is 0 Å². The minimum Gasteiger partial charge on any atom is -0.371 e. The molecule has 0 aromatic carbocycles. The molecule has 0 saturated carbocycles. The summed E-state index contributed by atoms with van der Waals surface area (Å²) in [7, 11) is 0. The first-order valence-corrected chi connectivity index (χ1v) is 2.35. The van der Waals surface area contributed by atoms with E-state index < -0.39 is 25.7 Å². The molecule has 0 aliphatic heterocycles. The molecule has 0 aliphatic carbocycles. The third kappa shape index (κ3) is 2.98. The molecule has 0 bridgehead atoms. The molecular weight excluding hydrogens is 156 g/mol. The van der Waals surface area contributed by atoms with Crippen LogP contribution < -0.4 is 0 Å². The maximum atomic E-state index is 11.7. The molecule has 10 heavy (non-hydrogen) atoms. The molecule has 0 radical (unpaired) electrons. The largest absolute Gasteiger partial charge is 0.371 e. The van der Waals surface area contributed by atoms with Crippen LogP contribution in [0.25, 0.3) is 0 Å². The highest BCUT2D eigenvalue weighted by Crippen LogP contribution is 2.22. The summed E-state index contributed by atoms with van der Waals surface area (Å²) in [4.78, 5) is 0. The number of alkyl halides is 4. The van der Waals surface area contributed by atoms with Crippen LogP contribution in [0.2, 0.25) is 0 Å². The zero-order valence-corrected chi connectivity index (χ0v) is 4.86. The van der Waals surface area contributed by atoms with Gasteiger partial charge in [-0.25, -0.2) is 8.78 Å². The van der Waals surface area contributed by atoms with E-state index in [4.69, 9.17) is 5.11 Å². The summed E-state index contributed by atoms with van der Waals surface area (Å²) in [5.74, 6) is -4.16. The van der Waals surface area contributed by atoms with E-state index >= 15 is 0 Å². The van der Waals surface area contributed by atoms with Gasteiger partial charge in [0.2, 0.25) is 0 Å². The summed E-state index contributed by atoms with van der Waals surface area (Å²) in [6, 6.07) is 0. The van der Waals surface area contributed by atoms with Crippen molar-refractivity contribution in [2.75, 3.05) is 13.4 Å². The molecule has 0 rings (SSSR count). The number of aliphatic hydroxyl groups excluding tert-OH is 1. The lowest BCUT2D eigenvalue weighted by Gasteiger charge is -2.13. The number of hydrogen-bond donors (Lipinski definition) is 1. The molecule has 0 heterocycles. The van der Waals surface area contributed by atoms with Crippen LogP contribution in [0.5, 0.6) is 0 Å². The van der Waals surface area contributed by atoms with Gasteiger partial charge in [-0.3, -0.25) is 0 Å². The summed E-state index contributed by atoms with van der Waals surface area (Å²) >= 11 is 0. The Hall–Kier alpha value is -0.360. The Bertz CT molecular complexity index is 95.3. The highest BCUT2D eigenvalue weighted by molar-refractivity contribution is 4.66. The van der Waals surface area contributed by atoms with Crippen molar-refractivity contribution in [1.29, 1.82) is 0 Å². The number of ether oxygens (including phenoxy) is 1. The van der Waals surface area contributed by atoms with Crippen LogP contribution in [0.15, 0.2) is 0 Å². The monoisotopic (exact) mass is 162 g/mol. The van der Waals surface area contributed by atoms with Crippen molar-refractivity contribution in [3.05, 3.63) is 0 Å². The number of hydrogen-bond acceptors (Lipinski definition) is 2. The summed E-state index contributed by atoms with van der Waals surface area (Å²) in [5, 5.41) is 7.81. The molecular formula is C4H6F4O2. The third-order valence-electron chi connectivity index (χ3n) is 0.705. The van der Waals surface area contributed by atoms with Crippen molar-refractivity contribution in [1.82, 2.24) is 0 Å². The molecule has 0 saturated heterocycles. The average molecular weight is 162 g/mol. The fourth-order valence-electron chi connectivity index (χ4n) is 0.245. The first kappa shape index (κ1) is 9.64. The van der Waals surface area contributed by atoms with Gasteiger partial charge in [-0.05, 0) is 0 Å². The van der Waals surface area contributed by atoms with Crippen LogP contribution in [0.3, 0.4) is 0 Å². The minimum atomic E-state index is -4.16. The fourth-order valence-corrected chi connectivity index (χ4v) is 0.245. The minimum absolute atomic E-state index is 0.984. The lowest BCUT2D eigenvalue weighted by atomic mass is 10.4. The quantitative estimate of drug-likeness (QED) is 0.490. The number of halogens is 4. The maximum absolute atomic E-state index is 11.7. The Morgan fingerprint density at radius 3 is 2.20 bits per heavy atom. The van der Waals surface area contributed by atoms with Crippen LogP contribution in [0.1, 0.15) is 0 Å². The van der Waals surface area contributed by atoms with Crippen molar-refractivity contribution in [2.24, 2.45) is 0 Å². The lowest BCUT2D eigenvalue weighted by molar-refractivity contribution is -0.180. The first-order valence-electron chi connectivity index (χ1n) is 2.35. The molecule has 0 aliphatic rings. The molecule has 1 N–H and O–H groups in total. The lowest BCUT2D eigenvalue weighted by Crippen LogP contribution is -2.32. The zero-order chi connectivity index (χ0) is 8.20. The second kappa shape index (κ2) is 3.72. The summed E-state index contributed by atoms with van der Waals surface area (Å²) in [5.41, 5.74) is 0. The zero-order valence-electron chi connectivity index (χ0n) is 4.86. The van der Waals surface area contributed by atoms with E-state index in [1.165, 1.54) is 0 Å². The predicted molar refractivity (Wildman–Crippen MR) is 24.0 cm³/mol. The standard InChI is InChI=1S/C4H6F4O2/c5-3(6)4(7,8)1-10-2-9/h3,9H,1-2H2. The molecule has 2 nitrogen and oxygen atoms in total. The Kier molecular flexibility index (Phi) is 3.59. The fraction of sp³-hybridized carbons (Fsp3) is 1.00. The highest BCUT2D eigenvalue weighted by Gasteiger charge is 2.40. The van der Waals surface area contributed by atoms with Gasteiger partial charge in [0.05, 0.1) is 0 Å². The highest BCUT2D eigenvalue weighted by atomic mass is 19.3. The van der Waals surface area contributed by atoms with Crippen LogP contribution >= 0.6 is 0 Å². The average Bonchev–Trinajstić information content (AvgIpc) is 1.84. The van der Waals surface area contributed by atoms with Gasteiger partial charge in [-0.15, -0.1) is 0 Å². The van der Waals surface area contributed by atoms with E-state index in [2.05, 4.69) is 4.74 Å². The summed E-state index contributed by atoms with van der Waals surface area (Å²) in [6.45, 7) is -2.44. The molecule has 0 unspecified atom stereocenters. The Balaban J connectivity index is 3.63. The predicted octanol–water partition coefficient (Wildman–Crippen LogP) is 0.853. The maximum Gasteiger partial charge on any atom is 0.330 e. The van der Waals surface area contributed by atoms with Crippen LogP contribution in [-0.2, 0) is 4.74 Å². The molecule has 0 spiro atoms. The van der Waals surface area contributed by atoms with Gasteiger partial charge in [-0.2, -0.15) is 8.78 Å². The topological polar surface area (TPSA) is 29.5 Å². The Morgan fingerprint density at radius 2 is 1.90 bits per heavy atom. The van der Waals surface area contributed by atoms with Gasteiger partial charge in [0.1, 0.15) is 13.4 Å². The molecule has 0 amide bonds.